The Morgan fingerprint density at radius 1 is 1.33 bits per heavy atom. The van der Waals surface area contributed by atoms with E-state index in [0.29, 0.717) is 0 Å². The number of aromatic nitrogens is 3. The van der Waals surface area contributed by atoms with Gasteiger partial charge in [0.25, 0.3) is 0 Å². The molecule has 0 fully saturated rings. The number of nitrogens with two attached hydrogens (primary N) is 1. The van der Waals surface area contributed by atoms with E-state index >= 15 is 0 Å². The average molecular weight is 202 g/mol. The molecule has 0 atom stereocenters. The molecule has 15 heavy (non-hydrogen) atoms. The maximum Gasteiger partial charge on any atom is 0.0718 e. The Hall–Kier alpha value is -1.84. The van der Waals surface area contributed by atoms with Crippen molar-refractivity contribution in [1.29, 1.82) is 0 Å². The molecule has 4 nitrogen and oxygen atoms in total. The predicted octanol–water partition coefficient (Wildman–Crippen LogP) is 1.94. The lowest BCUT2D eigenvalue weighted by Gasteiger charge is -2.07. The molecule has 4 heteroatoms. The number of rotatable bonds is 3. The van der Waals surface area contributed by atoms with Crippen LogP contribution in [0, 0.1) is 0 Å². The summed E-state index contributed by atoms with van der Waals surface area (Å²) in [5, 5.41) is 4.26. The van der Waals surface area contributed by atoms with Crippen molar-refractivity contribution < 1.29 is 0 Å². The smallest absolute Gasteiger partial charge is 0.0718 e. The third-order valence-electron chi connectivity index (χ3n) is 2.28. The Balaban J connectivity index is 2.45. The van der Waals surface area contributed by atoms with E-state index in [1.54, 1.807) is 24.7 Å². The summed E-state index contributed by atoms with van der Waals surface area (Å²) in [7, 11) is 0. The number of anilines is 1. The van der Waals surface area contributed by atoms with Crippen LogP contribution in [0.1, 0.15) is 13.3 Å². The molecular formula is C11H14N4. The molecule has 0 aromatic carbocycles. The Kier molecular flexibility index (Phi) is 2.67. The van der Waals surface area contributed by atoms with Gasteiger partial charge in [-0.05, 0) is 18.6 Å². The molecular weight excluding hydrogens is 188 g/mol. The minimum atomic E-state index is 0.739. The van der Waals surface area contributed by atoms with E-state index in [1.807, 2.05) is 10.7 Å². The molecule has 0 aliphatic heterocycles. The van der Waals surface area contributed by atoms with Crippen LogP contribution in [0.25, 0.3) is 11.3 Å². The number of pyridine rings is 1. The summed E-state index contributed by atoms with van der Waals surface area (Å²) < 4.78 is 1.95. The van der Waals surface area contributed by atoms with E-state index in [2.05, 4.69) is 17.0 Å². The lowest BCUT2D eigenvalue weighted by atomic mass is 10.2. The van der Waals surface area contributed by atoms with Crippen molar-refractivity contribution in [2.45, 2.75) is 19.9 Å². The Morgan fingerprint density at radius 3 is 2.93 bits per heavy atom. The molecule has 0 spiro atoms. The summed E-state index contributed by atoms with van der Waals surface area (Å²) >= 11 is 0. The SMILES string of the molecule is CCCn1nccc1-c1cnccc1N. The summed E-state index contributed by atoms with van der Waals surface area (Å²) in [5.41, 5.74) is 8.61. The zero-order valence-electron chi connectivity index (χ0n) is 8.72. The highest BCUT2D eigenvalue weighted by molar-refractivity contribution is 5.72. The minimum absolute atomic E-state index is 0.739. The quantitative estimate of drug-likeness (QED) is 0.827. The van der Waals surface area contributed by atoms with Crippen molar-refractivity contribution in [3.8, 4) is 11.3 Å². The topological polar surface area (TPSA) is 56.7 Å². The van der Waals surface area contributed by atoms with Crippen molar-refractivity contribution >= 4 is 5.69 Å². The number of nitrogens with zero attached hydrogens (tertiary/aromatic N) is 3. The molecule has 0 aliphatic carbocycles. The van der Waals surface area contributed by atoms with Gasteiger partial charge < -0.3 is 5.73 Å². The molecule has 0 saturated carbocycles. The third kappa shape index (κ3) is 1.83. The fourth-order valence-corrected chi connectivity index (χ4v) is 1.57. The Labute approximate surface area is 88.8 Å². The van der Waals surface area contributed by atoms with E-state index in [4.69, 9.17) is 5.73 Å². The van der Waals surface area contributed by atoms with Gasteiger partial charge in [-0.15, -0.1) is 0 Å². The highest BCUT2D eigenvalue weighted by atomic mass is 15.3. The predicted molar refractivity (Wildman–Crippen MR) is 60.2 cm³/mol. The van der Waals surface area contributed by atoms with Crippen LogP contribution in [-0.4, -0.2) is 14.8 Å². The van der Waals surface area contributed by atoms with Crippen molar-refractivity contribution in [3.05, 3.63) is 30.7 Å². The van der Waals surface area contributed by atoms with Gasteiger partial charge in [-0.3, -0.25) is 9.67 Å². The number of aryl methyl sites for hydroxylation is 1. The fraction of sp³-hybridized carbons (Fsp3) is 0.273. The second-order valence-electron chi connectivity index (χ2n) is 3.40. The first-order valence-corrected chi connectivity index (χ1v) is 5.04. The van der Waals surface area contributed by atoms with E-state index in [0.717, 1.165) is 29.9 Å². The lowest BCUT2D eigenvalue weighted by molar-refractivity contribution is 0.609. The van der Waals surface area contributed by atoms with Crippen molar-refractivity contribution in [1.82, 2.24) is 14.8 Å². The van der Waals surface area contributed by atoms with Gasteiger partial charge in [0.2, 0.25) is 0 Å². The Morgan fingerprint density at radius 2 is 2.20 bits per heavy atom. The number of hydrogen-bond donors (Lipinski definition) is 1. The van der Waals surface area contributed by atoms with Gasteiger partial charge in [0.15, 0.2) is 0 Å². The first-order chi connectivity index (χ1) is 7.33. The molecule has 2 heterocycles. The van der Waals surface area contributed by atoms with Gasteiger partial charge in [-0.1, -0.05) is 6.92 Å². The summed E-state index contributed by atoms with van der Waals surface area (Å²) in [5.74, 6) is 0. The zero-order valence-corrected chi connectivity index (χ0v) is 8.72. The summed E-state index contributed by atoms with van der Waals surface area (Å²) in [6.45, 7) is 3.02. The first-order valence-electron chi connectivity index (χ1n) is 5.04. The molecule has 2 aromatic rings. The van der Waals surface area contributed by atoms with Gasteiger partial charge >= 0.3 is 0 Å². The van der Waals surface area contributed by atoms with Crippen LogP contribution in [0.3, 0.4) is 0 Å². The molecule has 2 aromatic heterocycles. The van der Waals surface area contributed by atoms with Crippen LogP contribution in [-0.2, 0) is 6.54 Å². The molecule has 2 rings (SSSR count). The normalized spacial score (nSPS) is 10.5. The Bertz CT molecular complexity index is 447. The maximum absolute atomic E-state index is 5.90. The number of nitrogen functional groups attached to an aromatic ring is 1. The molecule has 0 radical (unpaired) electrons. The molecule has 0 aliphatic rings. The van der Waals surface area contributed by atoms with Crippen LogP contribution in [0.5, 0.6) is 0 Å². The number of hydrogen-bond acceptors (Lipinski definition) is 3. The van der Waals surface area contributed by atoms with Crippen LogP contribution >= 0.6 is 0 Å². The van der Waals surface area contributed by atoms with Crippen LogP contribution in [0.15, 0.2) is 30.7 Å². The standard InChI is InChI=1S/C11H14N4/c1-2-7-15-11(4-6-14-15)9-8-13-5-3-10(9)12/h3-6,8H,2,7H2,1H3,(H2,12,13). The van der Waals surface area contributed by atoms with Crippen molar-refractivity contribution in [3.63, 3.8) is 0 Å². The fourth-order valence-electron chi connectivity index (χ4n) is 1.57. The van der Waals surface area contributed by atoms with Gasteiger partial charge in [0, 0.05) is 36.4 Å². The summed E-state index contributed by atoms with van der Waals surface area (Å²) in [6.07, 6.45) is 6.31. The summed E-state index contributed by atoms with van der Waals surface area (Å²) in [6, 6.07) is 3.77. The first kappa shape index (κ1) is 9.71. The van der Waals surface area contributed by atoms with Crippen molar-refractivity contribution in [2.24, 2.45) is 0 Å². The van der Waals surface area contributed by atoms with Gasteiger partial charge in [0.05, 0.1) is 5.69 Å². The highest BCUT2D eigenvalue weighted by Gasteiger charge is 2.07. The second kappa shape index (κ2) is 4.13. The largest absolute Gasteiger partial charge is 0.398 e. The van der Waals surface area contributed by atoms with Gasteiger partial charge in [-0.2, -0.15) is 5.10 Å². The molecule has 0 saturated heterocycles. The monoisotopic (exact) mass is 202 g/mol. The van der Waals surface area contributed by atoms with Crippen LogP contribution in [0.2, 0.25) is 0 Å². The average Bonchev–Trinajstić information content (AvgIpc) is 2.67. The van der Waals surface area contributed by atoms with Crippen molar-refractivity contribution in [2.75, 3.05) is 5.73 Å². The second-order valence-corrected chi connectivity index (χ2v) is 3.40. The molecule has 0 bridgehead atoms. The van der Waals surface area contributed by atoms with E-state index in [-0.39, 0.29) is 0 Å². The highest BCUT2D eigenvalue weighted by Crippen LogP contribution is 2.23. The lowest BCUT2D eigenvalue weighted by Crippen LogP contribution is -2.02. The van der Waals surface area contributed by atoms with Gasteiger partial charge in [-0.25, -0.2) is 0 Å². The minimum Gasteiger partial charge on any atom is -0.398 e. The zero-order chi connectivity index (χ0) is 10.7. The van der Waals surface area contributed by atoms with E-state index < -0.39 is 0 Å². The molecule has 0 amide bonds. The summed E-state index contributed by atoms with van der Waals surface area (Å²) in [4.78, 5) is 4.08. The van der Waals surface area contributed by atoms with E-state index in [9.17, 15) is 0 Å². The third-order valence-corrected chi connectivity index (χ3v) is 2.28. The molecule has 78 valence electrons. The van der Waals surface area contributed by atoms with Crippen LogP contribution in [0.4, 0.5) is 5.69 Å². The molecule has 0 unspecified atom stereocenters. The molecule has 2 N–H and O–H groups in total. The maximum atomic E-state index is 5.90. The van der Waals surface area contributed by atoms with Gasteiger partial charge in [0.1, 0.15) is 0 Å². The van der Waals surface area contributed by atoms with Crippen LogP contribution < -0.4 is 5.73 Å². The van der Waals surface area contributed by atoms with E-state index in [1.165, 1.54) is 0 Å².